The highest BCUT2D eigenvalue weighted by Crippen LogP contribution is 2.30. The second-order valence-electron chi connectivity index (χ2n) is 6.44. The van der Waals surface area contributed by atoms with Crippen molar-refractivity contribution in [2.75, 3.05) is 6.54 Å². The van der Waals surface area contributed by atoms with Crippen LogP contribution in [-0.2, 0) is 17.9 Å². The van der Waals surface area contributed by atoms with Crippen LogP contribution in [0.1, 0.15) is 41.0 Å². The van der Waals surface area contributed by atoms with Crippen LogP contribution in [-0.4, -0.2) is 38.2 Å². The van der Waals surface area contributed by atoms with Gasteiger partial charge in [-0.1, -0.05) is 0 Å². The zero-order valence-electron chi connectivity index (χ0n) is 13.5. The molecule has 0 saturated heterocycles. The van der Waals surface area contributed by atoms with E-state index >= 15 is 0 Å². The molecule has 1 atom stereocenters. The molecule has 0 aromatic carbocycles. The van der Waals surface area contributed by atoms with Crippen LogP contribution in [0, 0.1) is 13.8 Å². The first-order chi connectivity index (χ1) is 11.1. The first kappa shape index (κ1) is 14.8. The zero-order chi connectivity index (χ0) is 16.0. The van der Waals surface area contributed by atoms with Gasteiger partial charge in [0.05, 0.1) is 0 Å². The van der Waals surface area contributed by atoms with Crippen LogP contribution in [0.15, 0.2) is 11.4 Å². The Kier molecular flexibility index (Phi) is 3.69. The van der Waals surface area contributed by atoms with Crippen molar-refractivity contribution in [1.29, 1.82) is 0 Å². The highest BCUT2D eigenvalue weighted by Gasteiger charge is 2.38. The normalized spacial score (nSPS) is 21.2. The lowest BCUT2D eigenvalue weighted by atomic mass is 10.1. The zero-order valence-corrected chi connectivity index (χ0v) is 14.3. The van der Waals surface area contributed by atoms with E-state index in [1.807, 2.05) is 6.92 Å². The highest BCUT2D eigenvalue weighted by molar-refractivity contribution is 7.10. The lowest BCUT2D eigenvalue weighted by molar-refractivity contribution is -0.128. The third kappa shape index (κ3) is 2.79. The quantitative estimate of drug-likeness (QED) is 0.928. The number of nitrogens with zero attached hydrogens (tertiary/aromatic N) is 4. The molecule has 4 rings (SSSR count). The summed E-state index contributed by atoms with van der Waals surface area (Å²) in [5.74, 6) is 1.73. The maximum absolute atomic E-state index is 12.8. The molecule has 23 heavy (non-hydrogen) atoms. The van der Waals surface area contributed by atoms with Gasteiger partial charge in [-0.25, -0.2) is 0 Å². The van der Waals surface area contributed by atoms with Crippen LogP contribution in [0.2, 0.25) is 0 Å². The van der Waals surface area contributed by atoms with Gasteiger partial charge in [-0.05, 0) is 43.7 Å². The summed E-state index contributed by atoms with van der Waals surface area (Å²) >= 11 is 1.75. The Bertz CT molecular complexity index is 733. The Morgan fingerprint density at radius 1 is 1.35 bits per heavy atom. The third-order valence-corrected chi connectivity index (χ3v) is 5.68. The molecular formula is C16H21N5OS. The molecule has 1 amide bonds. The number of nitrogens with one attached hydrogen (secondary N) is 1. The van der Waals surface area contributed by atoms with Crippen LogP contribution < -0.4 is 5.32 Å². The minimum Gasteiger partial charge on any atom is -0.352 e. The summed E-state index contributed by atoms with van der Waals surface area (Å²) < 4.78 is 2.08. The molecule has 7 heteroatoms. The van der Waals surface area contributed by atoms with Gasteiger partial charge in [0, 0.05) is 30.6 Å². The molecular weight excluding hydrogens is 310 g/mol. The molecule has 1 N–H and O–H groups in total. The van der Waals surface area contributed by atoms with Gasteiger partial charge in [-0.3, -0.25) is 9.69 Å². The summed E-state index contributed by atoms with van der Waals surface area (Å²) in [5.41, 5.74) is 1.29. The summed E-state index contributed by atoms with van der Waals surface area (Å²) in [6.45, 7) is 6.54. The average molecular weight is 331 g/mol. The maximum Gasteiger partial charge on any atom is 0.245 e. The predicted octanol–water partition coefficient (Wildman–Crippen LogP) is 1.79. The van der Waals surface area contributed by atoms with Crippen LogP contribution in [0.25, 0.3) is 0 Å². The van der Waals surface area contributed by atoms with Crippen molar-refractivity contribution < 1.29 is 4.79 Å². The van der Waals surface area contributed by atoms with E-state index in [1.165, 1.54) is 10.4 Å². The van der Waals surface area contributed by atoms with Gasteiger partial charge in [0.15, 0.2) is 11.9 Å². The molecule has 1 fully saturated rings. The molecule has 1 saturated carbocycles. The Morgan fingerprint density at radius 3 is 2.87 bits per heavy atom. The molecule has 1 unspecified atom stereocenters. The summed E-state index contributed by atoms with van der Waals surface area (Å²) in [6, 6.07) is 2.15. The van der Waals surface area contributed by atoms with Gasteiger partial charge >= 0.3 is 0 Å². The number of hydrogen-bond acceptors (Lipinski definition) is 5. The smallest absolute Gasteiger partial charge is 0.245 e. The van der Waals surface area contributed by atoms with E-state index < -0.39 is 0 Å². The fraction of sp³-hybridized carbons (Fsp3) is 0.562. The Morgan fingerprint density at radius 2 is 2.17 bits per heavy atom. The number of aryl methyl sites for hydroxylation is 2. The second kappa shape index (κ2) is 5.72. The minimum absolute atomic E-state index is 0.0649. The van der Waals surface area contributed by atoms with Crippen molar-refractivity contribution in [3.8, 4) is 0 Å². The van der Waals surface area contributed by atoms with E-state index in [0.717, 1.165) is 44.1 Å². The topological polar surface area (TPSA) is 63.1 Å². The van der Waals surface area contributed by atoms with Crippen molar-refractivity contribution in [2.45, 2.75) is 51.9 Å². The number of carbonyl (C=O) groups excluding carboxylic acids is 1. The van der Waals surface area contributed by atoms with Crippen molar-refractivity contribution in [3.05, 3.63) is 33.5 Å². The first-order valence-corrected chi connectivity index (χ1v) is 8.98. The van der Waals surface area contributed by atoms with Crippen LogP contribution >= 0.6 is 11.3 Å². The largest absolute Gasteiger partial charge is 0.352 e. The van der Waals surface area contributed by atoms with Crippen LogP contribution in [0.3, 0.4) is 0 Å². The summed E-state index contributed by atoms with van der Waals surface area (Å²) in [7, 11) is 0. The monoisotopic (exact) mass is 331 g/mol. The number of rotatable bonds is 4. The molecule has 1 aliphatic carbocycles. The Balaban J connectivity index is 1.64. The van der Waals surface area contributed by atoms with Gasteiger partial charge < -0.3 is 9.88 Å². The van der Waals surface area contributed by atoms with E-state index in [4.69, 9.17) is 0 Å². The van der Waals surface area contributed by atoms with E-state index in [2.05, 4.69) is 43.4 Å². The average Bonchev–Trinajstić information content (AvgIpc) is 3.14. The minimum atomic E-state index is -0.341. The Labute approximate surface area is 139 Å². The molecule has 6 nitrogen and oxygen atoms in total. The van der Waals surface area contributed by atoms with Gasteiger partial charge in [0.1, 0.15) is 5.82 Å². The van der Waals surface area contributed by atoms with Gasteiger partial charge in [-0.2, -0.15) is 0 Å². The molecule has 122 valence electrons. The van der Waals surface area contributed by atoms with Gasteiger partial charge in [0.25, 0.3) is 0 Å². The van der Waals surface area contributed by atoms with Crippen molar-refractivity contribution in [2.24, 2.45) is 0 Å². The SMILES string of the molecule is Cc1ccsc1CN1CCn2c(C)nnc2C1C(=O)NC1CC1. The predicted molar refractivity (Wildman–Crippen MR) is 88.1 cm³/mol. The maximum atomic E-state index is 12.8. The summed E-state index contributed by atoms with van der Waals surface area (Å²) in [5, 5.41) is 13.7. The lowest BCUT2D eigenvalue weighted by Gasteiger charge is -2.34. The Hall–Kier alpha value is -1.73. The van der Waals surface area contributed by atoms with Gasteiger partial charge in [-0.15, -0.1) is 21.5 Å². The van der Waals surface area contributed by atoms with E-state index in [9.17, 15) is 4.79 Å². The van der Waals surface area contributed by atoms with Crippen molar-refractivity contribution >= 4 is 17.2 Å². The van der Waals surface area contributed by atoms with E-state index in [0.29, 0.717) is 6.04 Å². The molecule has 0 spiro atoms. The molecule has 2 aromatic rings. The number of thiophene rings is 1. The fourth-order valence-corrected chi connectivity index (χ4v) is 4.04. The number of hydrogen-bond donors (Lipinski definition) is 1. The number of fused-ring (bicyclic) bond motifs is 1. The summed E-state index contributed by atoms with van der Waals surface area (Å²) in [6.07, 6.45) is 2.18. The number of amides is 1. The second-order valence-corrected chi connectivity index (χ2v) is 7.44. The highest BCUT2D eigenvalue weighted by atomic mass is 32.1. The van der Waals surface area contributed by atoms with Crippen molar-refractivity contribution in [3.63, 3.8) is 0 Å². The molecule has 2 aliphatic rings. The number of aromatic nitrogens is 3. The number of carbonyl (C=O) groups is 1. The third-order valence-electron chi connectivity index (χ3n) is 4.67. The van der Waals surface area contributed by atoms with Crippen molar-refractivity contribution in [1.82, 2.24) is 25.0 Å². The van der Waals surface area contributed by atoms with Crippen LogP contribution in [0.4, 0.5) is 0 Å². The van der Waals surface area contributed by atoms with Gasteiger partial charge in [0.2, 0.25) is 5.91 Å². The lowest BCUT2D eigenvalue weighted by Crippen LogP contribution is -2.46. The molecule has 0 bridgehead atoms. The standard InChI is InChI=1S/C16H21N5OS/c1-10-5-8-23-13(10)9-20-6-7-21-11(2)18-19-15(21)14(20)16(22)17-12-3-4-12/h5,8,12,14H,3-4,6-7,9H2,1-2H3,(H,17,22). The molecule has 3 heterocycles. The molecule has 1 aliphatic heterocycles. The fourth-order valence-electron chi connectivity index (χ4n) is 3.11. The van der Waals surface area contributed by atoms with E-state index in [-0.39, 0.29) is 11.9 Å². The van der Waals surface area contributed by atoms with E-state index in [1.54, 1.807) is 11.3 Å². The van der Waals surface area contributed by atoms with Crippen LogP contribution in [0.5, 0.6) is 0 Å². The molecule has 0 radical (unpaired) electrons. The first-order valence-electron chi connectivity index (χ1n) is 8.10. The summed E-state index contributed by atoms with van der Waals surface area (Å²) in [4.78, 5) is 16.4. The molecule has 2 aromatic heterocycles.